The van der Waals surface area contributed by atoms with Crippen LogP contribution in [0.2, 0.25) is 0 Å². The average Bonchev–Trinajstić information content (AvgIpc) is 3.89. The Kier molecular flexibility index (Phi) is 12.7. The van der Waals surface area contributed by atoms with Gasteiger partial charge in [0.05, 0.1) is 37.5 Å². The Labute approximate surface area is 307 Å². The van der Waals surface area contributed by atoms with Gasteiger partial charge in [-0.25, -0.2) is 16.8 Å². The highest BCUT2D eigenvalue weighted by atomic mass is 32.2. The molecule has 52 heavy (non-hydrogen) atoms. The molecule has 278 valence electrons. The zero-order valence-electron chi connectivity index (χ0n) is 29.6. The van der Waals surface area contributed by atoms with E-state index in [4.69, 9.17) is 5.73 Å². The molecule has 6 rings (SSSR count). The van der Waals surface area contributed by atoms with Crippen molar-refractivity contribution in [2.45, 2.75) is 61.2 Å². The fraction of sp³-hybridized carbons (Fsp3) is 0.368. The summed E-state index contributed by atoms with van der Waals surface area (Å²) < 4.78 is 53.2. The third kappa shape index (κ3) is 9.34. The zero-order chi connectivity index (χ0) is 37.3. The molecule has 0 radical (unpaired) electrons. The maximum absolute atomic E-state index is 12.7. The van der Waals surface area contributed by atoms with Crippen LogP contribution in [0.3, 0.4) is 0 Å². The minimum atomic E-state index is -3.78. The lowest BCUT2D eigenvalue weighted by Gasteiger charge is -2.21. The van der Waals surface area contributed by atoms with Gasteiger partial charge in [-0.05, 0) is 92.1 Å². The van der Waals surface area contributed by atoms with Gasteiger partial charge in [0.2, 0.25) is 0 Å². The summed E-state index contributed by atoms with van der Waals surface area (Å²) in [4.78, 5) is 11.4. The molecule has 0 amide bonds. The van der Waals surface area contributed by atoms with Crippen LogP contribution in [0.5, 0.6) is 0 Å². The number of nitrogens with two attached hydrogens (primary N) is 1. The molecule has 2 aliphatic carbocycles. The van der Waals surface area contributed by atoms with Gasteiger partial charge >= 0.3 is 0 Å². The van der Waals surface area contributed by atoms with Crippen LogP contribution in [-0.4, -0.2) is 48.9 Å². The van der Waals surface area contributed by atoms with Gasteiger partial charge in [-0.3, -0.25) is 18.7 Å². The van der Waals surface area contributed by atoms with Crippen LogP contribution in [0.1, 0.15) is 51.4 Å². The van der Waals surface area contributed by atoms with E-state index >= 15 is 0 Å². The normalized spacial score (nSPS) is 15.0. The van der Waals surface area contributed by atoms with Crippen molar-refractivity contribution < 1.29 is 21.8 Å². The van der Waals surface area contributed by atoms with Crippen LogP contribution in [0.25, 0.3) is 0 Å². The predicted molar refractivity (Wildman–Crippen MR) is 209 cm³/mol. The lowest BCUT2D eigenvalue weighted by molar-refractivity contribution is -0.383. The van der Waals surface area contributed by atoms with Crippen LogP contribution in [0, 0.1) is 22.0 Å². The number of benzene rings is 4. The van der Waals surface area contributed by atoms with Crippen molar-refractivity contribution in [1.82, 2.24) is 0 Å². The van der Waals surface area contributed by atoms with Gasteiger partial charge in [0.15, 0.2) is 0 Å². The van der Waals surface area contributed by atoms with Gasteiger partial charge in [-0.1, -0.05) is 62.1 Å². The lowest BCUT2D eigenvalue weighted by Crippen LogP contribution is -2.26. The van der Waals surface area contributed by atoms with Gasteiger partial charge in [0, 0.05) is 33.3 Å². The van der Waals surface area contributed by atoms with Gasteiger partial charge < -0.3 is 16.4 Å². The Morgan fingerprint density at radius 3 is 1.48 bits per heavy atom. The van der Waals surface area contributed by atoms with E-state index in [-0.39, 0.29) is 21.2 Å². The topological polar surface area (TPSA) is 168 Å². The van der Waals surface area contributed by atoms with E-state index in [1.807, 2.05) is 6.07 Å². The first-order valence-electron chi connectivity index (χ1n) is 17.6. The standard InChI is InChI=1S/C19H23N3O4S.C19H25N3O2S/c1-21(27(25,26)17-9-3-2-4-10-17)16-11-12-18(19(13-16)22(23)24)20-14-15-7-5-6-8-15;1-22(25(23,24)17-9-3-2-4-10-17)16-11-12-19(18(20)13-16)21-14-15-7-5-6-8-15/h2-4,9-13,15,20H,5-8,14H2,1H3;2-4,9-13,15,21H,5-8,14,20H2,1H3. The Morgan fingerprint density at radius 2 is 1.06 bits per heavy atom. The summed E-state index contributed by atoms with van der Waals surface area (Å²) in [6, 6.07) is 26.2. The third-order valence-electron chi connectivity index (χ3n) is 9.86. The molecule has 4 N–H and O–H groups in total. The quantitative estimate of drug-likeness (QED) is 0.0704. The number of hydrogen-bond donors (Lipinski definition) is 3. The molecule has 0 atom stereocenters. The molecule has 0 unspecified atom stereocenters. The summed E-state index contributed by atoms with van der Waals surface area (Å²) in [5, 5.41) is 18.1. The Balaban J connectivity index is 0.000000202. The number of hydrogen-bond acceptors (Lipinski definition) is 9. The van der Waals surface area contributed by atoms with Gasteiger partial charge in [-0.2, -0.15) is 0 Å². The summed E-state index contributed by atoms with van der Waals surface area (Å²) in [6.45, 7) is 1.61. The van der Waals surface area contributed by atoms with E-state index < -0.39 is 25.0 Å². The van der Waals surface area contributed by atoms with Crippen molar-refractivity contribution in [1.29, 1.82) is 0 Å². The molecule has 0 saturated heterocycles. The molecular formula is C38H48N6O6S2. The first-order chi connectivity index (χ1) is 24.9. The third-order valence-corrected chi connectivity index (χ3v) is 13.5. The molecule has 4 aromatic carbocycles. The highest BCUT2D eigenvalue weighted by Crippen LogP contribution is 2.34. The first-order valence-corrected chi connectivity index (χ1v) is 20.5. The smallest absolute Gasteiger partial charge is 0.294 e. The van der Waals surface area contributed by atoms with Crippen molar-refractivity contribution in [3.05, 3.63) is 107 Å². The molecule has 14 heteroatoms. The highest BCUT2D eigenvalue weighted by molar-refractivity contribution is 7.93. The number of nitro groups is 1. The molecule has 0 bridgehead atoms. The Morgan fingerprint density at radius 1 is 0.654 bits per heavy atom. The second kappa shape index (κ2) is 17.1. The van der Waals surface area contributed by atoms with E-state index in [0.29, 0.717) is 35.4 Å². The van der Waals surface area contributed by atoms with E-state index in [2.05, 4.69) is 10.6 Å². The number of nitro benzene ring substituents is 1. The summed E-state index contributed by atoms with van der Waals surface area (Å²) in [5.74, 6) is 1.24. The average molecular weight is 749 g/mol. The second-order valence-corrected chi connectivity index (χ2v) is 17.3. The van der Waals surface area contributed by atoms with Crippen LogP contribution in [0.4, 0.5) is 34.1 Å². The van der Waals surface area contributed by atoms with E-state index in [9.17, 15) is 26.9 Å². The van der Waals surface area contributed by atoms with Crippen LogP contribution < -0.4 is 25.0 Å². The van der Waals surface area contributed by atoms with E-state index in [1.54, 1.807) is 79.8 Å². The summed E-state index contributed by atoms with van der Waals surface area (Å²) in [5.41, 5.74) is 8.65. The molecule has 4 aromatic rings. The van der Waals surface area contributed by atoms with Crippen LogP contribution in [-0.2, 0) is 20.0 Å². The van der Waals surface area contributed by atoms with E-state index in [1.165, 1.54) is 68.1 Å². The molecule has 0 aliphatic heterocycles. The molecular weight excluding hydrogens is 701 g/mol. The first kappa shape index (κ1) is 38.4. The molecule has 0 aromatic heterocycles. The molecule has 2 saturated carbocycles. The van der Waals surface area contributed by atoms with E-state index in [0.717, 1.165) is 29.4 Å². The number of nitrogens with zero attached hydrogens (tertiary/aromatic N) is 3. The zero-order valence-corrected chi connectivity index (χ0v) is 31.3. The SMILES string of the molecule is CN(c1ccc(NCC2CCCC2)c(N)c1)S(=O)(=O)c1ccccc1.CN(c1ccc(NCC2CCCC2)c([N+](=O)[O-])c1)S(=O)(=O)c1ccccc1. The van der Waals surface area contributed by atoms with Crippen LogP contribution in [0.15, 0.2) is 107 Å². The second-order valence-electron chi connectivity index (χ2n) is 13.4. The fourth-order valence-electron chi connectivity index (χ4n) is 6.64. The number of nitrogens with one attached hydrogen (secondary N) is 2. The van der Waals surface area contributed by atoms with Gasteiger partial charge in [0.25, 0.3) is 25.7 Å². The minimum absolute atomic E-state index is 0.124. The van der Waals surface area contributed by atoms with Crippen molar-refractivity contribution in [3.63, 3.8) is 0 Å². The monoisotopic (exact) mass is 748 g/mol. The minimum Gasteiger partial charge on any atom is -0.397 e. The number of sulfonamides is 2. The molecule has 0 spiro atoms. The highest BCUT2D eigenvalue weighted by Gasteiger charge is 2.25. The molecule has 2 aliphatic rings. The fourth-order valence-corrected chi connectivity index (χ4v) is 9.06. The van der Waals surface area contributed by atoms with Crippen molar-refractivity contribution in [2.75, 3.05) is 52.2 Å². The largest absolute Gasteiger partial charge is 0.397 e. The number of nitrogen functional groups attached to an aromatic ring is 1. The molecule has 12 nitrogen and oxygen atoms in total. The predicted octanol–water partition coefficient (Wildman–Crippen LogP) is 7.72. The maximum atomic E-state index is 12.7. The van der Waals surface area contributed by atoms with Crippen molar-refractivity contribution >= 4 is 54.2 Å². The van der Waals surface area contributed by atoms with Gasteiger partial charge in [-0.15, -0.1) is 0 Å². The Hall–Kier alpha value is -4.82. The van der Waals surface area contributed by atoms with Crippen LogP contribution >= 0.6 is 0 Å². The maximum Gasteiger partial charge on any atom is 0.294 e. The summed E-state index contributed by atoms with van der Waals surface area (Å²) in [6.07, 6.45) is 9.83. The van der Waals surface area contributed by atoms with Crippen molar-refractivity contribution in [3.8, 4) is 0 Å². The lowest BCUT2D eigenvalue weighted by atomic mass is 10.1. The number of anilines is 5. The molecule has 0 heterocycles. The molecule has 2 fully saturated rings. The number of rotatable bonds is 13. The summed E-state index contributed by atoms with van der Waals surface area (Å²) in [7, 11) is -4.43. The van der Waals surface area contributed by atoms with Crippen molar-refractivity contribution in [2.24, 2.45) is 11.8 Å². The Bertz CT molecular complexity index is 2020. The van der Waals surface area contributed by atoms with Gasteiger partial charge in [0.1, 0.15) is 5.69 Å². The summed E-state index contributed by atoms with van der Waals surface area (Å²) >= 11 is 0.